The number of nitrogen functional groups attached to an aromatic ring is 1. The molecular weight excluding hydrogens is 224 g/mol. The number of anilines is 3. The average molecular weight is 244 g/mol. The number of benzene rings is 1. The molecule has 0 atom stereocenters. The first-order valence-electron chi connectivity index (χ1n) is 6.18. The summed E-state index contributed by atoms with van der Waals surface area (Å²) in [6.07, 6.45) is 0. The Morgan fingerprint density at radius 1 is 1.28 bits per heavy atom. The van der Waals surface area contributed by atoms with Gasteiger partial charge in [-0.1, -0.05) is 18.2 Å². The van der Waals surface area contributed by atoms with E-state index >= 15 is 0 Å². The van der Waals surface area contributed by atoms with Crippen molar-refractivity contribution in [2.75, 3.05) is 17.2 Å². The molecular formula is C14H20N4. The first-order chi connectivity index (χ1) is 8.56. The fourth-order valence-corrected chi connectivity index (χ4v) is 2.28. The average Bonchev–Trinajstić information content (AvgIpc) is 2.59. The molecule has 0 aliphatic carbocycles. The third-order valence-corrected chi connectivity index (χ3v) is 3.22. The van der Waals surface area contributed by atoms with Crippen molar-refractivity contribution in [3.05, 3.63) is 35.5 Å². The number of hydrogen-bond donors (Lipinski definition) is 1. The predicted molar refractivity (Wildman–Crippen MR) is 76.2 cm³/mol. The molecule has 0 saturated carbocycles. The number of nitrogens with zero attached hydrogens (tertiary/aromatic N) is 3. The molecule has 0 bridgehead atoms. The zero-order valence-electron chi connectivity index (χ0n) is 11.4. The van der Waals surface area contributed by atoms with Crippen molar-refractivity contribution in [1.82, 2.24) is 9.78 Å². The molecule has 1 aromatic heterocycles. The van der Waals surface area contributed by atoms with Gasteiger partial charge in [0.2, 0.25) is 0 Å². The molecule has 96 valence electrons. The van der Waals surface area contributed by atoms with Gasteiger partial charge in [-0.05, 0) is 32.4 Å². The number of aromatic nitrogens is 2. The molecule has 1 heterocycles. The van der Waals surface area contributed by atoms with Crippen LogP contribution in [0.5, 0.6) is 0 Å². The highest BCUT2D eigenvalue weighted by molar-refractivity contribution is 5.74. The van der Waals surface area contributed by atoms with Gasteiger partial charge in [-0.15, -0.1) is 0 Å². The van der Waals surface area contributed by atoms with Crippen LogP contribution in [0.15, 0.2) is 24.3 Å². The highest BCUT2D eigenvalue weighted by Crippen LogP contribution is 2.33. The third kappa shape index (κ3) is 1.94. The van der Waals surface area contributed by atoms with Crippen molar-refractivity contribution < 1.29 is 0 Å². The summed E-state index contributed by atoms with van der Waals surface area (Å²) in [6.45, 7) is 7.02. The van der Waals surface area contributed by atoms with Gasteiger partial charge in [0.15, 0.2) is 5.82 Å². The Kier molecular flexibility index (Phi) is 3.28. The van der Waals surface area contributed by atoms with E-state index in [4.69, 9.17) is 5.73 Å². The summed E-state index contributed by atoms with van der Waals surface area (Å²) >= 11 is 0. The van der Waals surface area contributed by atoms with Crippen molar-refractivity contribution in [3.8, 4) is 0 Å². The Bertz CT molecular complexity index is 557. The fourth-order valence-electron chi connectivity index (χ4n) is 2.28. The lowest BCUT2D eigenvalue weighted by atomic mass is 10.1. The molecule has 4 heteroatoms. The normalized spacial score (nSPS) is 10.7. The highest BCUT2D eigenvalue weighted by Gasteiger charge is 2.18. The van der Waals surface area contributed by atoms with E-state index in [2.05, 4.69) is 36.0 Å². The molecule has 0 unspecified atom stereocenters. The van der Waals surface area contributed by atoms with Crippen molar-refractivity contribution in [1.29, 1.82) is 0 Å². The fraction of sp³-hybridized carbons (Fsp3) is 0.357. The van der Waals surface area contributed by atoms with Crippen LogP contribution in [0.2, 0.25) is 0 Å². The summed E-state index contributed by atoms with van der Waals surface area (Å²) in [6, 6.07) is 8.31. The van der Waals surface area contributed by atoms with Crippen LogP contribution in [0, 0.1) is 13.8 Å². The summed E-state index contributed by atoms with van der Waals surface area (Å²) in [5.41, 5.74) is 10.2. The second-order valence-electron chi connectivity index (χ2n) is 4.48. The lowest BCUT2D eigenvalue weighted by molar-refractivity contribution is 0.741. The molecule has 0 radical (unpaired) electrons. The molecule has 2 rings (SSSR count). The summed E-state index contributed by atoms with van der Waals surface area (Å²) in [5.74, 6) is 0.962. The quantitative estimate of drug-likeness (QED) is 0.903. The van der Waals surface area contributed by atoms with Crippen LogP contribution >= 0.6 is 0 Å². The van der Waals surface area contributed by atoms with Crippen LogP contribution < -0.4 is 10.6 Å². The Balaban J connectivity index is 2.56. The van der Waals surface area contributed by atoms with Crippen LogP contribution in [-0.4, -0.2) is 16.3 Å². The second-order valence-corrected chi connectivity index (χ2v) is 4.48. The van der Waals surface area contributed by atoms with E-state index in [0.717, 1.165) is 23.7 Å². The first kappa shape index (κ1) is 12.5. The molecule has 0 fully saturated rings. The maximum Gasteiger partial charge on any atom is 0.154 e. The maximum absolute atomic E-state index is 6.14. The van der Waals surface area contributed by atoms with Gasteiger partial charge >= 0.3 is 0 Å². The van der Waals surface area contributed by atoms with E-state index < -0.39 is 0 Å². The zero-order chi connectivity index (χ0) is 13.3. The van der Waals surface area contributed by atoms with Gasteiger partial charge < -0.3 is 10.6 Å². The molecule has 1 aromatic carbocycles. The minimum Gasteiger partial charge on any atom is -0.394 e. The van der Waals surface area contributed by atoms with Crippen LogP contribution in [0.3, 0.4) is 0 Å². The van der Waals surface area contributed by atoms with Crippen LogP contribution in [0.25, 0.3) is 0 Å². The van der Waals surface area contributed by atoms with Gasteiger partial charge in [-0.25, -0.2) is 0 Å². The van der Waals surface area contributed by atoms with E-state index in [9.17, 15) is 0 Å². The minimum atomic E-state index is 0.752. The summed E-state index contributed by atoms with van der Waals surface area (Å²) in [4.78, 5) is 2.20. The molecule has 4 nitrogen and oxygen atoms in total. The highest BCUT2D eigenvalue weighted by atomic mass is 15.4. The zero-order valence-corrected chi connectivity index (χ0v) is 11.4. The first-order valence-corrected chi connectivity index (χ1v) is 6.18. The van der Waals surface area contributed by atoms with Crippen LogP contribution in [-0.2, 0) is 7.05 Å². The van der Waals surface area contributed by atoms with E-state index in [1.54, 1.807) is 0 Å². The van der Waals surface area contributed by atoms with E-state index in [-0.39, 0.29) is 0 Å². The van der Waals surface area contributed by atoms with Gasteiger partial charge in [-0.3, -0.25) is 4.68 Å². The van der Waals surface area contributed by atoms with Gasteiger partial charge in [0, 0.05) is 19.3 Å². The monoisotopic (exact) mass is 244 g/mol. The largest absolute Gasteiger partial charge is 0.394 e. The minimum absolute atomic E-state index is 0.752. The summed E-state index contributed by atoms with van der Waals surface area (Å²) in [5, 5.41) is 4.38. The molecule has 0 aliphatic rings. The van der Waals surface area contributed by atoms with Gasteiger partial charge in [0.25, 0.3) is 0 Å². The Morgan fingerprint density at radius 3 is 2.44 bits per heavy atom. The lowest BCUT2D eigenvalue weighted by Gasteiger charge is -2.25. The Hall–Kier alpha value is -1.97. The molecule has 18 heavy (non-hydrogen) atoms. The van der Waals surface area contributed by atoms with E-state index in [1.807, 2.05) is 30.8 Å². The topological polar surface area (TPSA) is 47.1 Å². The summed E-state index contributed by atoms with van der Waals surface area (Å²) < 4.78 is 1.85. The second kappa shape index (κ2) is 4.72. The van der Waals surface area contributed by atoms with Gasteiger partial charge in [-0.2, -0.15) is 5.10 Å². The SMILES string of the molecule is CCN(c1ccccc1C)c1c(N)c(C)nn1C. The number of aryl methyl sites for hydroxylation is 3. The smallest absolute Gasteiger partial charge is 0.154 e. The van der Waals surface area contributed by atoms with E-state index in [0.29, 0.717) is 0 Å². The maximum atomic E-state index is 6.14. The van der Waals surface area contributed by atoms with Crippen molar-refractivity contribution >= 4 is 17.2 Å². The number of para-hydroxylation sites is 1. The van der Waals surface area contributed by atoms with Crippen LogP contribution in [0.4, 0.5) is 17.2 Å². The van der Waals surface area contributed by atoms with Crippen molar-refractivity contribution in [3.63, 3.8) is 0 Å². The van der Waals surface area contributed by atoms with Crippen molar-refractivity contribution in [2.45, 2.75) is 20.8 Å². The molecule has 0 aliphatic heterocycles. The van der Waals surface area contributed by atoms with Gasteiger partial charge in [0.1, 0.15) is 0 Å². The molecule has 0 spiro atoms. The number of rotatable bonds is 3. The molecule has 2 aromatic rings. The van der Waals surface area contributed by atoms with Gasteiger partial charge in [0.05, 0.1) is 11.4 Å². The Morgan fingerprint density at radius 2 is 1.94 bits per heavy atom. The molecule has 2 N–H and O–H groups in total. The van der Waals surface area contributed by atoms with E-state index in [1.165, 1.54) is 11.3 Å². The van der Waals surface area contributed by atoms with Crippen LogP contribution in [0.1, 0.15) is 18.2 Å². The lowest BCUT2D eigenvalue weighted by Crippen LogP contribution is -2.21. The third-order valence-electron chi connectivity index (χ3n) is 3.22. The Labute approximate surface area is 108 Å². The predicted octanol–water partition coefficient (Wildman–Crippen LogP) is 2.78. The van der Waals surface area contributed by atoms with Crippen molar-refractivity contribution in [2.24, 2.45) is 7.05 Å². The summed E-state index contributed by atoms with van der Waals surface area (Å²) in [7, 11) is 1.93. The number of hydrogen-bond acceptors (Lipinski definition) is 3. The standard InChI is InChI=1S/C14H20N4/c1-5-18(12-9-7-6-8-10(12)2)14-13(15)11(3)16-17(14)4/h6-9H,5,15H2,1-4H3. The molecule has 0 amide bonds. The number of nitrogens with two attached hydrogens (primary N) is 1. The molecule has 0 saturated heterocycles.